The first-order valence-electron chi connectivity index (χ1n) is 11.2. The van der Waals surface area contributed by atoms with Crippen molar-refractivity contribution in [2.75, 3.05) is 0 Å². The van der Waals surface area contributed by atoms with E-state index >= 15 is 0 Å². The Hall–Kier alpha value is -2.68. The van der Waals surface area contributed by atoms with Crippen LogP contribution in [0, 0.1) is 58.7 Å². The Morgan fingerprint density at radius 2 is 0.707 bits per heavy atom. The number of hydrogen-bond donors (Lipinski definition) is 0. The van der Waals surface area contributed by atoms with Gasteiger partial charge in [-0.15, -0.1) is 24.3 Å². The van der Waals surface area contributed by atoms with Crippen LogP contribution in [0.4, 0.5) is 35.1 Å². The Morgan fingerprint density at radius 1 is 0.439 bits per heavy atom. The van der Waals surface area contributed by atoms with Gasteiger partial charge in [0.25, 0.3) is 0 Å². The van der Waals surface area contributed by atoms with Gasteiger partial charge in [0.05, 0.1) is 23.3 Å². The molecule has 0 spiro atoms. The summed E-state index contributed by atoms with van der Waals surface area (Å²) in [6.45, 7) is 0. The summed E-state index contributed by atoms with van der Waals surface area (Å²) in [5, 5.41) is 0. The summed E-state index contributed by atoms with van der Waals surface area (Å²) in [7, 11) is 0. The molecular formula is C30H17AsAuBrF8-2. The van der Waals surface area contributed by atoms with Gasteiger partial charge in [-0.3, -0.25) is 17.6 Å². The fourth-order valence-electron chi connectivity index (χ4n) is 3.09. The van der Waals surface area contributed by atoms with Gasteiger partial charge in [-0.2, -0.15) is 0 Å². The van der Waals surface area contributed by atoms with Crippen LogP contribution in [-0.2, 0) is 18.9 Å². The molecule has 0 bridgehead atoms. The van der Waals surface area contributed by atoms with Crippen molar-refractivity contribution in [3.63, 3.8) is 0 Å². The van der Waals surface area contributed by atoms with Crippen molar-refractivity contribution in [3.05, 3.63) is 162 Å². The summed E-state index contributed by atoms with van der Waals surface area (Å²) in [6, 6.07) is 36.6. The Labute approximate surface area is 255 Å². The second-order valence-electron chi connectivity index (χ2n) is 7.50. The Morgan fingerprint density at radius 3 is 0.951 bits per heavy atom. The normalized spacial score (nSPS) is 9.95. The quantitative estimate of drug-likeness (QED) is 0.0596. The molecule has 218 valence electrons. The zero-order valence-electron chi connectivity index (χ0n) is 20.5. The number of hydrogen-bond acceptors (Lipinski definition) is 0. The van der Waals surface area contributed by atoms with Crippen molar-refractivity contribution in [2.24, 2.45) is 0 Å². The third-order valence-electron chi connectivity index (χ3n) is 4.88. The van der Waals surface area contributed by atoms with E-state index in [2.05, 4.69) is 123 Å². The number of rotatable bonds is 3. The molecule has 0 aliphatic heterocycles. The molecule has 0 aliphatic carbocycles. The average Bonchev–Trinajstić information content (AvgIpc) is 3.02. The summed E-state index contributed by atoms with van der Waals surface area (Å²) in [4.78, 5) is 0. The predicted molar refractivity (Wildman–Crippen MR) is 143 cm³/mol. The van der Waals surface area contributed by atoms with Gasteiger partial charge >= 0.3 is 151 Å². The van der Waals surface area contributed by atoms with Crippen LogP contribution in [0.2, 0.25) is 0 Å². The molecule has 0 radical (unpaired) electrons. The van der Waals surface area contributed by atoms with Gasteiger partial charge in [0.1, 0.15) is 0 Å². The van der Waals surface area contributed by atoms with Gasteiger partial charge in [0, 0.05) is 23.3 Å². The van der Waals surface area contributed by atoms with Crippen LogP contribution >= 0.6 is 13.0 Å². The zero-order valence-corrected chi connectivity index (χ0v) is 26.1. The topological polar surface area (TPSA) is 0 Å². The third kappa shape index (κ3) is 10.3. The van der Waals surface area contributed by atoms with Crippen LogP contribution in [-0.4, -0.2) is 14.7 Å². The van der Waals surface area contributed by atoms with E-state index < -0.39 is 61.2 Å². The van der Waals surface area contributed by atoms with Gasteiger partial charge in [-0.1, -0.05) is 0 Å². The zero-order chi connectivity index (χ0) is 30.4. The molecule has 0 fully saturated rings. The summed E-state index contributed by atoms with van der Waals surface area (Å²) in [5.74, 6) is -13.2. The Balaban J connectivity index is 0.000000228. The fourth-order valence-corrected chi connectivity index (χ4v) is 7.92. The monoisotopic (exact) mass is 880 g/mol. The summed E-state index contributed by atoms with van der Waals surface area (Å²) in [6.07, 6.45) is 0. The van der Waals surface area contributed by atoms with E-state index in [0.29, 0.717) is 12.1 Å². The van der Waals surface area contributed by atoms with E-state index in [1.165, 1.54) is 13.1 Å². The van der Waals surface area contributed by atoms with Gasteiger partial charge in [-0.05, 0) is 0 Å². The van der Waals surface area contributed by atoms with Crippen molar-refractivity contribution in [2.45, 2.75) is 0 Å². The molecule has 0 unspecified atom stereocenters. The summed E-state index contributed by atoms with van der Waals surface area (Å²) < 4.78 is 100. The van der Waals surface area contributed by atoms with E-state index in [1.54, 1.807) is 12.1 Å². The van der Waals surface area contributed by atoms with E-state index in [9.17, 15) is 35.1 Å². The van der Waals surface area contributed by atoms with Crippen LogP contribution in [0.3, 0.4) is 0 Å². The van der Waals surface area contributed by atoms with Crippen LogP contribution in [0.15, 0.2) is 103 Å². The van der Waals surface area contributed by atoms with Crippen LogP contribution < -0.4 is 13.1 Å². The first kappa shape index (κ1) is 34.5. The molecule has 0 aromatic heterocycles. The van der Waals surface area contributed by atoms with Crippen LogP contribution in [0.1, 0.15) is 0 Å². The third-order valence-corrected chi connectivity index (χ3v) is 10.0. The van der Waals surface area contributed by atoms with Gasteiger partial charge in [0.2, 0.25) is 0 Å². The molecule has 0 saturated heterocycles. The molecule has 0 aliphatic rings. The second-order valence-corrected chi connectivity index (χ2v) is 12.2. The van der Waals surface area contributed by atoms with Gasteiger partial charge in [0.15, 0.2) is 0 Å². The molecule has 5 rings (SSSR count). The minimum absolute atomic E-state index is 0.397. The molecule has 11 heteroatoms. The van der Waals surface area contributed by atoms with E-state index in [0.717, 1.165) is 0 Å². The summed E-state index contributed by atoms with van der Waals surface area (Å²) >= 11 is 3.58. The Bertz CT molecular complexity index is 1290. The number of benzene rings is 5. The maximum absolute atomic E-state index is 12.0. The first-order chi connectivity index (χ1) is 19.7. The minimum atomic E-state index is -1.83. The summed E-state index contributed by atoms with van der Waals surface area (Å²) in [5.41, 5.74) is 0. The molecule has 0 nitrogen and oxygen atoms in total. The van der Waals surface area contributed by atoms with Crippen molar-refractivity contribution >= 4 is 40.7 Å². The van der Waals surface area contributed by atoms with Crippen molar-refractivity contribution in [3.8, 4) is 0 Å². The van der Waals surface area contributed by atoms with Crippen LogP contribution in [0.5, 0.6) is 0 Å². The fraction of sp³-hybridized carbons (Fsp3) is 0. The van der Waals surface area contributed by atoms with E-state index in [1.807, 2.05) is 0 Å². The average molecular weight is 881 g/mol. The van der Waals surface area contributed by atoms with Crippen molar-refractivity contribution in [1.29, 1.82) is 0 Å². The maximum atomic E-state index is 12.0. The molecule has 5 aromatic rings. The number of halogens is 9. The van der Waals surface area contributed by atoms with Gasteiger partial charge in [-0.25, -0.2) is 17.6 Å². The molecule has 5 aromatic carbocycles. The molecule has 0 heterocycles. The van der Waals surface area contributed by atoms with Crippen LogP contribution in [0.25, 0.3) is 0 Å². The molecule has 0 N–H and O–H groups in total. The second kappa shape index (κ2) is 18.0. The molecule has 0 saturated carbocycles. The Kier molecular flexibility index (Phi) is 15.1. The van der Waals surface area contributed by atoms with E-state index in [-0.39, 0.29) is 0 Å². The molecular weight excluding hydrogens is 864 g/mol. The molecule has 0 atom stereocenters. The molecule has 41 heavy (non-hydrogen) atoms. The van der Waals surface area contributed by atoms with E-state index in [4.69, 9.17) is 0 Å². The van der Waals surface area contributed by atoms with Gasteiger partial charge < -0.3 is 0 Å². The SMILES string of the molecule is Fc1[c-]cc(F)c(F)c1F.Fc1[c-]cc(F)c(F)c1F.[Br][Au].c1ccc([As](c2ccccc2)c2ccccc2)cc1. The van der Waals surface area contributed by atoms with Crippen molar-refractivity contribution in [1.82, 2.24) is 0 Å². The standard InChI is InChI=1S/C18H15As.2C6HF4.Au.BrH/c1-4-10-16(11-5-1)19(17-12-6-2-7-13-17)18-14-8-3-9-15-18;2*7-3-1-2-4(8)6(10)5(3)9;;/h1-15H;2*1H;;1H/q;2*-1;+1;/p-1. The van der Waals surface area contributed by atoms with Crippen molar-refractivity contribution < 1.29 is 54.1 Å². The molecule has 0 amide bonds. The predicted octanol–water partition coefficient (Wildman–Crippen LogP) is 7.13. The first-order valence-corrected chi connectivity index (χ1v) is 18.7.